The summed E-state index contributed by atoms with van der Waals surface area (Å²) in [4.78, 5) is 0. The molecule has 22 heavy (non-hydrogen) atoms. The molecule has 1 unspecified atom stereocenters. The predicted octanol–water partition coefficient (Wildman–Crippen LogP) is 3.46. The molecule has 0 bridgehead atoms. The summed E-state index contributed by atoms with van der Waals surface area (Å²) in [6, 6.07) is 0. The fourth-order valence-electron chi connectivity index (χ4n) is 1.36. The third-order valence-corrected chi connectivity index (χ3v) is 3.50. The highest BCUT2D eigenvalue weighted by molar-refractivity contribution is 7.85. The molecule has 0 aliphatic carbocycles. The van der Waals surface area contributed by atoms with Gasteiger partial charge in [0.15, 0.2) is 5.67 Å². The van der Waals surface area contributed by atoms with Crippen LogP contribution in [0.25, 0.3) is 0 Å². The van der Waals surface area contributed by atoms with E-state index in [1.807, 2.05) is 0 Å². The van der Waals surface area contributed by atoms with Gasteiger partial charge in [-0.2, -0.15) is 47.9 Å². The highest BCUT2D eigenvalue weighted by Gasteiger charge is 2.86. The summed E-state index contributed by atoms with van der Waals surface area (Å²) in [5.41, 5.74) is -5.07. The zero-order chi connectivity index (χ0) is 18.4. The average molecular weight is 374 g/mol. The summed E-state index contributed by atoms with van der Waals surface area (Å²) in [5.74, 6) is -24.2. The van der Waals surface area contributed by atoms with Crippen LogP contribution >= 0.6 is 0 Å². The molecule has 0 spiro atoms. The summed E-state index contributed by atoms with van der Waals surface area (Å²) in [6.45, 7) is 0.293. The van der Waals surface area contributed by atoms with Gasteiger partial charge in [0.1, 0.15) is 5.75 Å². The van der Waals surface area contributed by atoms with Crippen molar-refractivity contribution in [2.24, 2.45) is 0 Å². The minimum atomic E-state index is -7.35. The molecular weight excluding hydrogens is 366 g/mol. The monoisotopic (exact) mass is 374 g/mol. The largest absolute Gasteiger partial charge is 0.460 e. The molecule has 0 saturated heterocycles. The van der Waals surface area contributed by atoms with Crippen LogP contribution in [-0.2, 0) is 10.1 Å². The lowest BCUT2D eigenvalue weighted by molar-refractivity contribution is -0.410. The van der Waals surface area contributed by atoms with Gasteiger partial charge >= 0.3 is 23.9 Å². The van der Waals surface area contributed by atoms with Crippen molar-refractivity contribution in [3.05, 3.63) is 0 Å². The molecule has 0 aliphatic heterocycles. The smallest absolute Gasteiger partial charge is 0.285 e. The Kier molecular flexibility index (Phi) is 5.19. The molecule has 0 aromatic carbocycles. The Morgan fingerprint density at radius 1 is 0.773 bits per heavy atom. The van der Waals surface area contributed by atoms with Gasteiger partial charge in [-0.05, 0) is 6.42 Å². The van der Waals surface area contributed by atoms with Crippen LogP contribution in [0.2, 0.25) is 0 Å². The molecule has 0 aromatic rings. The van der Waals surface area contributed by atoms with E-state index in [1.165, 1.54) is 0 Å². The lowest BCUT2D eigenvalue weighted by Gasteiger charge is -2.40. The average Bonchev–Trinajstić information content (AvgIpc) is 2.24. The normalized spacial score (nSPS) is 18.2. The fraction of sp³-hybridized carbons (Fsp3) is 1.00. The first kappa shape index (κ1) is 21.2. The van der Waals surface area contributed by atoms with E-state index >= 15 is 0 Å². The molecule has 3 nitrogen and oxygen atoms in total. The molecule has 0 amide bonds. The van der Waals surface area contributed by atoms with Crippen LogP contribution in [0, 0.1) is 0 Å². The van der Waals surface area contributed by atoms with Gasteiger partial charge in [-0.15, -0.1) is 0 Å². The first-order valence-corrected chi connectivity index (χ1v) is 6.72. The number of halogens is 10. The number of hydrogen-bond acceptors (Lipinski definition) is 2. The molecular formula is C8H8F10O3S. The second-order valence-corrected chi connectivity index (χ2v) is 5.72. The predicted molar refractivity (Wildman–Crippen MR) is 51.4 cm³/mol. The summed E-state index contributed by atoms with van der Waals surface area (Å²) < 4.78 is 156. The fourth-order valence-corrected chi connectivity index (χ4v) is 2.32. The standard InChI is InChI=1S/C8H8F10O3S/c1-2-4(9,3-22(19,20)21)5(10,11)6(12,13)7(14,15)8(16,17)18/h2-3H2,1H3,(H,19,20,21). The van der Waals surface area contributed by atoms with Crippen molar-refractivity contribution in [3.8, 4) is 0 Å². The Bertz CT molecular complexity index is 511. The Morgan fingerprint density at radius 3 is 1.36 bits per heavy atom. The minimum absolute atomic E-state index is 0.293. The molecule has 0 heterocycles. The van der Waals surface area contributed by atoms with Crippen molar-refractivity contribution in [1.29, 1.82) is 0 Å². The summed E-state index contributed by atoms with van der Waals surface area (Å²) in [5, 5.41) is 0. The van der Waals surface area contributed by atoms with E-state index in [4.69, 9.17) is 4.55 Å². The molecule has 0 fully saturated rings. The van der Waals surface area contributed by atoms with Gasteiger partial charge in [0, 0.05) is 0 Å². The van der Waals surface area contributed by atoms with Crippen LogP contribution < -0.4 is 0 Å². The molecule has 0 aliphatic rings. The lowest BCUT2D eigenvalue weighted by Crippen LogP contribution is -2.68. The Hall–Kier alpha value is -0.790. The van der Waals surface area contributed by atoms with Gasteiger partial charge in [-0.3, -0.25) is 4.55 Å². The van der Waals surface area contributed by atoms with Gasteiger partial charge in [0.05, 0.1) is 0 Å². The van der Waals surface area contributed by atoms with E-state index in [-0.39, 0.29) is 0 Å². The molecule has 134 valence electrons. The third-order valence-electron chi connectivity index (χ3n) is 2.68. The SMILES string of the molecule is CCC(F)(CS(=O)(=O)O)C(F)(F)C(F)(F)C(F)(F)C(F)(F)F. The van der Waals surface area contributed by atoms with Crippen molar-refractivity contribution >= 4 is 10.1 Å². The van der Waals surface area contributed by atoms with E-state index in [9.17, 15) is 52.3 Å². The highest BCUT2D eigenvalue weighted by Crippen LogP contribution is 2.57. The maximum absolute atomic E-state index is 13.7. The third kappa shape index (κ3) is 3.26. The van der Waals surface area contributed by atoms with Crippen molar-refractivity contribution < 1.29 is 56.9 Å². The summed E-state index contributed by atoms with van der Waals surface area (Å²) >= 11 is 0. The van der Waals surface area contributed by atoms with E-state index < -0.39 is 51.9 Å². The van der Waals surface area contributed by atoms with E-state index in [0.29, 0.717) is 6.92 Å². The van der Waals surface area contributed by atoms with E-state index in [2.05, 4.69) is 0 Å². The molecule has 0 saturated carbocycles. The van der Waals surface area contributed by atoms with Crippen LogP contribution in [0.4, 0.5) is 43.9 Å². The molecule has 14 heteroatoms. The second-order valence-electron chi connectivity index (χ2n) is 4.27. The maximum atomic E-state index is 13.7. The number of rotatable bonds is 6. The van der Waals surface area contributed by atoms with Crippen LogP contribution in [0.1, 0.15) is 13.3 Å². The summed E-state index contributed by atoms with van der Waals surface area (Å²) in [7, 11) is -5.73. The zero-order valence-corrected chi connectivity index (χ0v) is 11.2. The molecule has 1 atom stereocenters. The Labute approximate surface area is 117 Å². The Morgan fingerprint density at radius 2 is 1.14 bits per heavy atom. The molecule has 0 radical (unpaired) electrons. The first-order valence-electron chi connectivity index (χ1n) is 5.11. The van der Waals surface area contributed by atoms with Gasteiger partial charge in [-0.25, -0.2) is 4.39 Å². The van der Waals surface area contributed by atoms with Crippen molar-refractivity contribution in [2.75, 3.05) is 5.75 Å². The molecule has 0 aromatic heterocycles. The van der Waals surface area contributed by atoms with Crippen LogP contribution in [0.15, 0.2) is 0 Å². The van der Waals surface area contributed by atoms with Crippen LogP contribution in [-0.4, -0.2) is 48.3 Å². The van der Waals surface area contributed by atoms with Crippen LogP contribution in [0.3, 0.4) is 0 Å². The minimum Gasteiger partial charge on any atom is -0.285 e. The lowest BCUT2D eigenvalue weighted by atomic mass is 9.88. The highest BCUT2D eigenvalue weighted by atomic mass is 32.2. The van der Waals surface area contributed by atoms with Crippen molar-refractivity contribution in [2.45, 2.75) is 43.0 Å². The number of hydrogen-bond donors (Lipinski definition) is 1. The van der Waals surface area contributed by atoms with Crippen molar-refractivity contribution in [3.63, 3.8) is 0 Å². The van der Waals surface area contributed by atoms with Crippen molar-refractivity contribution in [1.82, 2.24) is 0 Å². The first-order chi connectivity index (χ1) is 9.27. The number of alkyl halides is 10. The molecule has 1 N–H and O–H groups in total. The van der Waals surface area contributed by atoms with Crippen LogP contribution in [0.5, 0.6) is 0 Å². The van der Waals surface area contributed by atoms with Gasteiger partial charge < -0.3 is 0 Å². The Balaban J connectivity index is 6.18. The summed E-state index contributed by atoms with van der Waals surface area (Å²) in [6.07, 6.45) is -9.06. The topological polar surface area (TPSA) is 54.4 Å². The quantitative estimate of drug-likeness (QED) is 0.572. The van der Waals surface area contributed by atoms with Gasteiger partial charge in [-0.1, -0.05) is 6.92 Å². The zero-order valence-electron chi connectivity index (χ0n) is 10.4. The van der Waals surface area contributed by atoms with E-state index in [1.54, 1.807) is 0 Å². The van der Waals surface area contributed by atoms with Gasteiger partial charge in [0.2, 0.25) is 0 Å². The maximum Gasteiger partial charge on any atom is 0.460 e. The second kappa shape index (κ2) is 5.39. The van der Waals surface area contributed by atoms with E-state index in [0.717, 1.165) is 0 Å². The molecule has 0 rings (SSSR count). The van der Waals surface area contributed by atoms with Gasteiger partial charge in [0.25, 0.3) is 10.1 Å².